The number of hydrogen-bond donors (Lipinski definition) is 1. The third-order valence-electron chi connectivity index (χ3n) is 3.62. The molecule has 0 aliphatic heterocycles. The fourth-order valence-corrected chi connectivity index (χ4v) is 3.10. The predicted molar refractivity (Wildman–Crippen MR) is 83.1 cm³/mol. The minimum absolute atomic E-state index is 0.0158. The molecule has 0 radical (unpaired) electrons. The van der Waals surface area contributed by atoms with Crippen molar-refractivity contribution >= 4 is 28.1 Å². The van der Waals surface area contributed by atoms with Crippen molar-refractivity contribution in [3.05, 3.63) is 58.4 Å². The zero-order valence-corrected chi connectivity index (χ0v) is 12.3. The molecule has 3 nitrogen and oxygen atoms in total. The first-order valence-electron chi connectivity index (χ1n) is 6.55. The molecule has 1 aromatic carbocycles. The average molecular weight is 284 g/mol. The van der Waals surface area contributed by atoms with E-state index in [0.29, 0.717) is 5.69 Å². The maximum atomic E-state index is 12.6. The van der Waals surface area contributed by atoms with E-state index in [2.05, 4.69) is 11.1 Å². The molecule has 0 fully saturated rings. The standard InChI is InChI=1S/C16H16N2OS/c1-11(15-8-5-9-20-15)18(2)16(19)14-10-12-6-3-4-7-13(12)17-14/h3-11,17H,1-2H3. The van der Waals surface area contributed by atoms with Crippen molar-refractivity contribution in [1.29, 1.82) is 0 Å². The summed E-state index contributed by atoms with van der Waals surface area (Å²) in [6.07, 6.45) is 0. The summed E-state index contributed by atoms with van der Waals surface area (Å²) in [6.45, 7) is 2.05. The second kappa shape index (κ2) is 5.13. The third-order valence-corrected chi connectivity index (χ3v) is 4.66. The van der Waals surface area contributed by atoms with Crippen LogP contribution < -0.4 is 0 Å². The van der Waals surface area contributed by atoms with E-state index in [1.54, 1.807) is 16.2 Å². The first kappa shape index (κ1) is 12.9. The molecule has 2 heterocycles. The van der Waals surface area contributed by atoms with Crippen molar-refractivity contribution in [3.63, 3.8) is 0 Å². The monoisotopic (exact) mass is 284 g/mol. The molecule has 0 aliphatic carbocycles. The molecular weight excluding hydrogens is 268 g/mol. The molecule has 0 aliphatic rings. The van der Waals surface area contributed by atoms with E-state index in [0.717, 1.165) is 10.9 Å². The first-order chi connectivity index (χ1) is 9.66. The number of nitrogens with zero attached hydrogens (tertiary/aromatic N) is 1. The van der Waals surface area contributed by atoms with Gasteiger partial charge in [-0.25, -0.2) is 0 Å². The summed E-state index contributed by atoms with van der Waals surface area (Å²) in [5.74, 6) is 0.0158. The minimum atomic E-state index is 0.0158. The molecule has 20 heavy (non-hydrogen) atoms. The summed E-state index contributed by atoms with van der Waals surface area (Å²) in [4.78, 5) is 18.7. The highest BCUT2D eigenvalue weighted by Crippen LogP contribution is 2.25. The van der Waals surface area contributed by atoms with E-state index < -0.39 is 0 Å². The Balaban J connectivity index is 1.88. The fraction of sp³-hybridized carbons (Fsp3) is 0.188. The Hall–Kier alpha value is -2.07. The molecule has 1 atom stereocenters. The van der Waals surface area contributed by atoms with Crippen LogP contribution in [0.1, 0.15) is 28.3 Å². The Morgan fingerprint density at radius 2 is 2.05 bits per heavy atom. The SMILES string of the molecule is CC(c1cccs1)N(C)C(=O)c1cc2ccccc2[nH]1. The molecule has 1 unspecified atom stereocenters. The van der Waals surface area contributed by atoms with E-state index >= 15 is 0 Å². The molecule has 1 amide bonds. The van der Waals surface area contributed by atoms with Crippen molar-refractivity contribution in [2.24, 2.45) is 0 Å². The second-order valence-corrected chi connectivity index (χ2v) is 5.86. The molecule has 3 aromatic rings. The lowest BCUT2D eigenvalue weighted by molar-refractivity contribution is 0.0740. The zero-order valence-electron chi connectivity index (χ0n) is 11.5. The van der Waals surface area contributed by atoms with Gasteiger partial charge in [-0.3, -0.25) is 4.79 Å². The van der Waals surface area contributed by atoms with Crippen LogP contribution in [-0.2, 0) is 0 Å². The highest BCUT2D eigenvalue weighted by Gasteiger charge is 2.20. The molecular formula is C16H16N2OS. The lowest BCUT2D eigenvalue weighted by Gasteiger charge is -2.23. The normalized spacial score (nSPS) is 12.5. The van der Waals surface area contributed by atoms with E-state index in [4.69, 9.17) is 0 Å². The van der Waals surface area contributed by atoms with Gasteiger partial charge in [0, 0.05) is 22.8 Å². The number of rotatable bonds is 3. The Morgan fingerprint density at radius 1 is 1.25 bits per heavy atom. The summed E-state index contributed by atoms with van der Waals surface area (Å²) in [6, 6.07) is 14.0. The van der Waals surface area contributed by atoms with Gasteiger partial charge in [0.25, 0.3) is 5.91 Å². The number of benzene rings is 1. The summed E-state index contributed by atoms with van der Waals surface area (Å²) >= 11 is 1.67. The number of amides is 1. The first-order valence-corrected chi connectivity index (χ1v) is 7.43. The zero-order chi connectivity index (χ0) is 14.1. The number of aromatic nitrogens is 1. The maximum Gasteiger partial charge on any atom is 0.270 e. The number of carbonyl (C=O) groups is 1. The molecule has 0 saturated carbocycles. The summed E-state index contributed by atoms with van der Waals surface area (Å²) < 4.78 is 0. The Bertz CT molecular complexity index is 697. The van der Waals surface area contributed by atoms with Gasteiger partial charge in [0.1, 0.15) is 5.69 Å². The van der Waals surface area contributed by atoms with Crippen molar-refractivity contribution in [2.45, 2.75) is 13.0 Å². The van der Waals surface area contributed by atoms with E-state index in [-0.39, 0.29) is 11.9 Å². The van der Waals surface area contributed by atoms with Gasteiger partial charge in [-0.05, 0) is 30.5 Å². The highest BCUT2D eigenvalue weighted by molar-refractivity contribution is 7.10. The number of fused-ring (bicyclic) bond motifs is 1. The summed E-state index contributed by atoms with van der Waals surface area (Å²) in [7, 11) is 1.85. The molecule has 0 bridgehead atoms. The van der Waals surface area contributed by atoms with Crippen LogP contribution in [0.3, 0.4) is 0 Å². The predicted octanol–water partition coefficient (Wildman–Crippen LogP) is 4.06. The van der Waals surface area contributed by atoms with Crippen molar-refractivity contribution in [2.75, 3.05) is 7.05 Å². The Morgan fingerprint density at radius 3 is 2.75 bits per heavy atom. The van der Waals surface area contributed by atoms with E-state index in [1.165, 1.54) is 4.88 Å². The molecule has 4 heteroatoms. The fourth-order valence-electron chi connectivity index (χ4n) is 2.27. The largest absolute Gasteiger partial charge is 0.351 e. The minimum Gasteiger partial charge on any atom is -0.351 e. The van der Waals surface area contributed by atoms with Gasteiger partial charge in [0.2, 0.25) is 0 Å². The van der Waals surface area contributed by atoms with Crippen LogP contribution in [0.25, 0.3) is 10.9 Å². The van der Waals surface area contributed by atoms with Crippen LogP contribution in [0.5, 0.6) is 0 Å². The van der Waals surface area contributed by atoms with Crippen molar-refractivity contribution < 1.29 is 4.79 Å². The number of aromatic amines is 1. The van der Waals surface area contributed by atoms with E-state index in [9.17, 15) is 4.79 Å². The van der Waals surface area contributed by atoms with Crippen LogP contribution in [0.15, 0.2) is 47.8 Å². The van der Waals surface area contributed by atoms with Gasteiger partial charge in [0.15, 0.2) is 0 Å². The Labute approximate surface area is 121 Å². The van der Waals surface area contributed by atoms with Gasteiger partial charge < -0.3 is 9.88 Å². The number of carbonyl (C=O) groups excluding carboxylic acids is 1. The van der Waals surface area contributed by atoms with Crippen LogP contribution in [0.4, 0.5) is 0 Å². The van der Waals surface area contributed by atoms with Crippen LogP contribution in [0.2, 0.25) is 0 Å². The lowest BCUT2D eigenvalue weighted by Crippen LogP contribution is -2.29. The number of thiophene rings is 1. The molecule has 102 valence electrons. The van der Waals surface area contributed by atoms with Gasteiger partial charge in [-0.2, -0.15) is 0 Å². The van der Waals surface area contributed by atoms with Gasteiger partial charge in [-0.1, -0.05) is 24.3 Å². The number of hydrogen-bond acceptors (Lipinski definition) is 2. The van der Waals surface area contributed by atoms with Crippen LogP contribution in [0, 0.1) is 0 Å². The summed E-state index contributed by atoms with van der Waals surface area (Å²) in [5.41, 5.74) is 1.63. The molecule has 0 saturated heterocycles. The molecule has 3 rings (SSSR count). The van der Waals surface area contributed by atoms with Crippen LogP contribution >= 0.6 is 11.3 Å². The lowest BCUT2D eigenvalue weighted by atomic mass is 10.2. The summed E-state index contributed by atoms with van der Waals surface area (Å²) in [5, 5.41) is 3.10. The quantitative estimate of drug-likeness (QED) is 0.773. The molecule has 1 N–H and O–H groups in total. The highest BCUT2D eigenvalue weighted by atomic mass is 32.1. The molecule has 0 spiro atoms. The van der Waals surface area contributed by atoms with Crippen molar-refractivity contribution in [1.82, 2.24) is 9.88 Å². The van der Waals surface area contributed by atoms with Gasteiger partial charge in [0.05, 0.1) is 6.04 Å². The number of H-pyrrole nitrogens is 1. The van der Waals surface area contributed by atoms with Crippen molar-refractivity contribution in [3.8, 4) is 0 Å². The smallest absolute Gasteiger partial charge is 0.270 e. The number of para-hydroxylation sites is 1. The topological polar surface area (TPSA) is 36.1 Å². The number of nitrogens with one attached hydrogen (secondary N) is 1. The van der Waals surface area contributed by atoms with Gasteiger partial charge >= 0.3 is 0 Å². The maximum absolute atomic E-state index is 12.6. The van der Waals surface area contributed by atoms with Crippen LogP contribution in [-0.4, -0.2) is 22.8 Å². The molecule has 2 aromatic heterocycles. The third kappa shape index (κ3) is 2.23. The van der Waals surface area contributed by atoms with Gasteiger partial charge in [-0.15, -0.1) is 11.3 Å². The Kier molecular flexibility index (Phi) is 3.32. The van der Waals surface area contributed by atoms with E-state index in [1.807, 2.05) is 55.7 Å². The average Bonchev–Trinajstić information content (AvgIpc) is 3.13. The second-order valence-electron chi connectivity index (χ2n) is 4.88.